The molecule has 0 radical (unpaired) electrons. The summed E-state index contributed by atoms with van der Waals surface area (Å²) in [5.74, 6) is 0. The molecular weight excluding hydrogens is 574 g/mol. The molecule has 0 bridgehead atoms. The summed E-state index contributed by atoms with van der Waals surface area (Å²) in [7, 11) is 4.22. The van der Waals surface area contributed by atoms with Gasteiger partial charge < -0.3 is 26.6 Å². The highest BCUT2D eigenvalue weighted by Crippen LogP contribution is 2.62. The molecule has 2 aliphatic carbocycles. The van der Waals surface area contributed by atoms with E-state index in [1.165, 1.54) is 70.7 Å². The van der Waals surface area contributed by atoms with E-state index in [9.17, 15) is 0 Å². The molecule has 1 aliphatic heterocycles. The van der Waals surface area contributed by atoms with E-state index in [4.69, 9.17) is 11.5 Å². The van der Waals surface area contributed by atoms with E-state index in [1.54, 1.807) is 11.1 Å². The van der Waals surface area contributed by atoms with Gasteiger partial charge >= 0.3 is 0 Å². The van der Waals surface area contributed by atoms with Crippen molar-refractivity contribution in [3.05, 3.63) is 101 Å². The van der Waals surface area contributed by atoms with Crippen molar-refractivity contribution < 1.29 is 0 Å². The molecule has 0 aromatic heterocycles. The zero-order valence-electron chi connectivity index (χ0n) is 29.8. The molecule has 0 amide bonds. The van der Waals surface area contributed by atoms with Gasteiger partial charge in [0.25, 0.3) is 0 Å². The summed E-state index contributed by atoms with van der Waals surface area (Å²) in [6.07, 6.45) is 15.1. The summed E-state index contributed by atoms with van der Waals surface area (Å²) in [5.41, 5.74) is 26.0. The third-order valence-corrected chi connectivity index (χ3v) is 11.3. The van der Waals surface area contributed by atoms with Crippen LogP contribution in [0.1, 0.15) is 94.9 Å². The standard InChI is InChI=1S/C42H57N5/c1-40(2,34-29-30(46(5)6)18-20-35(34)45-27-13-25-43)22-10-9-17-37-41(3,4)39-36(47(37)28-14-26-44)21-19-33-38(39)31-15-7-8-16-32(31)42(33)23-11-12-24-42/h7-10,15-21,29,45H,11-14,22-28,43-44H2,1-6H3/b10-9+,37-17+. The second-order valence-corrected chi connectivity index (χ2v) is 15.4. The summed E-state index contributed by atoms with van der Waals surface area (Å²) in [4.78, 5) is 4.75. The van der Waals surface area contributed by atoms with Gasteiger partial charge in [0, 0.05) is 60.8 Å². The second-order valence-electron chi connectivity index (χ2n) is 15.4. The van der Waals surface area contributed by atoms with Gasteiger partial charge in [0.2, 0.25) is 0 Å². The molecule has 1 heterocycles. The normalized spacial score (nSPS) is 18.3. The number of nitrogens with one attached hydrogen (secondary N) is 1. The maximum absolute atomic E-state index is 6.10. The fourth-order valence-electron chi connectivity index (χ4n) is 8.77. The van der Waals surface area contributed by atoms with Crippen molar-refractivity contribution in [2.75, 3.05) is 55.4 Å². The average Bonchev–Trinajstić information content (AvgIpc) is 3.71. The maximum atomic E-state index is 6.10. The van der Waals surface area contributed by atoms with Crippen LogP contribution in [0.2, 0.25) is 0 Å². The predicted octanol–water partition coefficient (Wildman–Crippen LogP) is 8.61. The van der Waals surface area contributed by atoms with Crippen LogP contribution < -0.4 is 26.6 Å². The van der Waals surface area contributed by atoms with Crippen LogP contribution >= 0.6 is 0 Å². The molecule has 0 saturated heterocycles. The first-order chi connectivity index (χ1) is 22.6. The average molecular weight is 632 g/mol. The molecule has 5 N–H and O–H groups in total. The number of rotatable bonds is 12. The van der Waals surface area contributed by atoms with Crippen molar-refractivity contribution >= 4 is 17.1 Å². The van der Waals surface area contributed by atoms with Gasteiger partial charge in [0.1, 0.15) is 0 Å². The Morgan fingerprint density at radius 2 is 1.68 bits per heavy atom. The number of benzene rings is 3. The van der Waals surface area contributed by atoms with E-state index in [-0.39, 0.29) is 16.2 Å². The fraction of sp³-hybridized carbons (Fsp3) is 0.476. The minimum Gasteiger partial charge on any atom is -0.385 e. The van der Waals surface area contributed by atoms with Crippen molar-refractivity contribution in [1.82, 2.24) is 0 Å². The van der Waals surface area contributed by atoms with E-state index in [0.717, 1.165) is 32.4 Å². The van der Waals surface area contributed by atoms with E-state index < -0.39 is 0 Å². The Balaban J connectivity index is 1.35. The minimum absolute atomic E-state index is 0.0560. The number of anilines is 3. The highest BCUT2D eigenvalue weighted by atomic mass is 15.2. The van der Waals surface area contributed by atoms with Gasteiger partial charge in [-0.25, -0.2) is 0 Å². The third-order valence-electron chi connectivity index (χ3n) is 11.3. The van der Waals surface area contributed by atoms with Gasteiger partial charge in [-0.1, -0.05) is 83.0 Å². The summed E-state index contributed by atoms with van der Waals surface area (Å²) in [6, 6.07) is 21.0. The molecule has 3 aliphatic rings. The van der Waals surface area contributed by atoms with Crippen molar-refractivity contribution in [2.24, 2.45) is 11.5 Å². The Bertz CT molecular complexity index is 1650. The van der Waals surface area contributed by atoms with Crippen LogP contribution in [0.3, 0.4) is 0 Å². The lowest BCUT2D eigenvalue weighted by atomic mass is 9.75. The van der Waals surface area contributed by atoms with E-state index in [1.807, 2.05) is 0 Å². The molecule has 0 atom stereocenters. The molecule has 5 nitrogen and oxygen atoms in total. The monoisotopic (exact) mass is 631 g/mol. The zero-order valence-corrected chi connectivity index (χ0v) is 29.8. The summed E-state index contributed by atoms with van der Waals surface area (Å²) in [6.45, 7) is 12.8. The Morgan fingerprint density at radius 3 is 2.40 bits per heavy atom. The van der Waals surface area contributed by atoms with Gasteiger partial charge in [0.05, 0.1) is 0 Å². The van der Waals surface area contributed by atoms with Gasteiger partial charge in [-0.2, -0.15) is 0 Å². The minimum atomic E-state index is -0.132. The first kappa shape index (κ1) is 33.4. The lowest BCUT2D eigenvalue weighted by Crippen LogP contribution is -2.28. The molecule has 0 unspecified atom stereocenters. The molecule has 3 aromatic carbocycles. The van der Waals surface area contributed by atoms with Crippen molar-refractivity contribution in [2.45, 2.75) is 88.9 Å². The number of allylic oxidation sites excluding steroid dienone is 4. The Morgan fingerprint density at radius 1 is 0.936 bits per heavy atom. The molecule has 6 rings (SSSR count). The molecular formula is C42H57N5. The van der Waals surface area contributed by atoms with E-state index in [2.05, 4.69) is 130 Å². The predicted molar refractivity (Wildman–Crippen MR) is 203 cm³/mol. The van der Waals surface area contributed by atoms with Crippen LogP contribution in [0.25, 0.3) is 11.1 Å². The molecule has 1 fully saturated rings. The Labute approximate surface area is 284 Å². The largest absolute Gasteiger partial charge is 0.385 e. The van der Waals surface area contributed by atoms with Crippen LogP contribution in [0.15, 0.2) is 78.5 Å². The molecule has 1 saturated carbocycles. The van der Waals surface area contributed by atoms with Gasteiger partial charge in [-0.05, 0) is 114 Å². The first-order valence-electron chi connectivity index (χ1n) is 18.0. The van der Waals surface area contributed by atoms with Crippen LogP contribution in [0, 0.1) is 0 Å². The summed E-state index contributed by atoms with van der Waals surface area (Å²) in [5, 5.41) is 3.66. The number of fused-ring (bicyclic) bond motifs is 7. The van der Waals surface area contributed by atoms with Crippen molar-refractivity contribution in [3.8, 4) is 11.1 Å². The second kappa shape index (κ2) is 13.2. The third kappa shape index (κ3) is 5.80. The van der Waals surface area contributed by atoms with Gasteiger partial charge in [-0.15, -0.1) is 0 Å². The smallest absolute Gasteiger partial charge is 0.0457 e. The van der Waals surface area contributed by atoms with Gasteiger partial charge in [-0.3, -0.25) is 0 Å². The molecule has 250 valence electrons. The topological polar surface area (TPSA) is 70.5 Å². The molecule has 3 aromatic rings. The SMILES string of the molecule is CN(C)c1ccc(NCCCN)c(C(C)(C)C/C=C/C=C2/N(CCCN)c3ccc4c(c3C2(C)C)-c2ccccc2C42CCCC2)c1. The molecule has 1 spiro atoms. The summed E-state index contributed by atoms with van der Waals surface area (Å²) >= 11 is 0. The van der Waals surface area contributed by atoms with Crippen LogP contribution in [0.4, 0.5) is 17.1 Å². The van der Waals surface area contributed by atoms with E-state index in [0.29, 0.717) is 13.1 Å². The lowest BCUT2D eigenvalue weighted by molar-refractivity contribution is 0.535. The van der Waals surface area contributed by atoms with Crippen molar-refractivity contribution in [3.63, 3.8) is 0 Å². The highest BCUT2D eigenvalue weighted by molar-refractivity contribution is 5.91. The van der Waals surface area contributed by atoms with Crippen molar-refractivity contribution in [1.29, 1.82) is 0 Å². The molecule has 5 heteroatoms. The Kier molecular flexibility index (Phi) is 9.34. The maximum Gasteiger partial charge on any atom is 0.0457 e. The first-order valence-corrected chi connectivity index (χ1v) is 18.0. The number of nitrogens with two attached hydrogens (primary N) is 2. The van der Waals surface area contributed by atoms with E-state index >= 15 is 0 Å². The number of nitrogens with zero attached hydrogens (tertiary/aromatic N) is 2. The number of hydrogen-bond acceptors (Lipinski definition) is 5. The van der Waals surface area contributed by atoms with Gasteiger partial charge in [0.15, 0.2) is 0 Å². The summed E-state index contributed by atoms with van der Waals surface area (Å²) < 4.78 is 0. The van der Waals surface area contributed by atoms with Crippen LogP contribution in [0.5, 0.6) is 0 Å². The Hall–Kier alpha value is -3.54. The highest BCUT2D eigenvalue weighted by Gasteiger charge is 2.50. The van der Waals surface area contributed by atoms with Crippen LogP contribution in [-0.4, -0.2) is 40.3 Å². The lowest BCUT2D eigenvalue weighted by Gasteiger charge is -2.29. The quantitative estimate of drug-likeness (QED) is 0.175. The van der Waals surface area contributed by atoms with Crippen LogP contribution in [-0.2, 0) is 16.2 Å². The zero-order chi connectivity index (χ0) is 33.4. The molecule has 47 heavy (non-hydrogen) atoms. The fourth-order valence-corrected chi connectivity index (χ4v) is 8.77. The number of hydrogen-bond donors (Lipinski definition) is 3.